The lowest BCUT2D eigenvalue weighted by molar-refractivity contribution is -0.132. The van der Waals surface area contributed by atoms with Crippen LogP contribution in [0.3, 0.4) is 0 Å². The zero-order valence-corrected chi connectivity index (χ0v) is 18.2. The van der Waals surface area contributed by atoms with E-state index in [1.54, 1.807) is 7.05 Å². The number of ether oxygens (including phenoxy) is 1. The fourth-order valence-corrected chi connectivity index (χ4v) is 3.72. The standard InChI is InChI=1S/C23H25N3O3S/c1-4-29-20-8-6-5-7-19(20)23-25-18(15-30-23)13-22(28)26(3)14-21(27)24-17-11-9-16(2)10-12-17/h5-12,15H,4,13-14H2,1-3H3,(H,24,27). The second-order valence-corrected chi connectivity index (χ2v) is 7.77. The Balaban J connectivity index is 1.58. The Labute approximate surface area is 180 Å². The molecule has 3 aromatic rings. The second-order valence-electron chi connectivity index (χ2n) is 6.91. The van der Waals surface area contributed by atoms with Crippen molar-refractivity contribution >= 4 is 28.8 Å². The van der Waals surface area contributed by atoms with Gasteiger partial charge in [-0.05, 0) is 38.1 Å². The molecule has 156 valence electrons. The Morgan fingerprint density at radius 3 is 2.60 bits per heavy atom. The molecule has 0 saturated heterocycles. The first kappa shape index (κ1) is 21.5. The molecule has 0 bridgehead atoms. The smallest absolute Gasteiger partial charge is 0.243 e. The largest absolute Gasteiger partial charge is 0.493 e. The lowest BCUT2D eigenvalue weighted by atomic mass is 10.2. The molecule has 0 spiro atoms. The molecule has 0 unspecified atom stereocenters. The van der Waals surface area contributed by atoms with Crippen LogP contribution in [0.25, 0.3) is 10.6 Å². The van der Waals surface area contributed by atoms with Gasteiger partial charge >= 0.3 is 0 Å². The van der Waals surface area contributed by atoms with E-state index in [0.29, 0.717) is 18.0 Å². The molecule has 2 amide bonds. The number of benzene rings is 2. The van der Waals surface area contributed by atoms with Crippen molar-refractivity contribution in [3.63, 3.8) is 0 Å². The molecular formula is C23H25N3O3S. The summed E-state index contributed by atoms with van der Waals surface area (Å²) < 4.78 is 5.67. The highest BCUT2D eigenvalue weighted by molar-refractivity contribution is 7.13. The lowest BCUT2D eigenvalue weighted by Gasteiger charge is -2.16. The van der Waals surface area contributed by atoms with Crippen molar-refractivity contribution in [2.75, 3.05) is 25.5 Å². The average Bonchev–Trinajstić information content (AvgIpc) is 3.18. The maximum absolute atomic E-state index is 12.5. The summed E-state index contributed by atoms with van der Waals surface area (Å²) in [6, 6.07) is 15.2. The first-order valence-electron chi connectivity index (χ1n) is 9.73. The number of carbonyl (C=O) groups excluding carboxylic acids is 2. The fraction of sp³-hybridized carbons (Fsp3) is 0.261. The highest BCUT2D eigenvalue weighted by Crippen LogP contribution is 2.32. The molecule has 0 atom stereocenters. The van der Waals surface area contributed by atoms with Gasteiger partial charge in [0.2, 0.25) is 11.8 Å². The number of thiazole rings is 1. The molecule has 1 N–H and O–H groups in total. The quantitative estimate of drug-likeness (QED) is 0.591. The molecule has 6 nitrogen and oxygen atoms in total. The molecule has 7 heteroatoms. The van der Waals surface area contributed by atoms with Gasteiger partial charge in [0.1, 0.15) is 10.8 Å². The van der Waals surface area contributed by atoms with Crippen LogP contribution in [0.15, 0.2) is 53.9 Å². The summed E-state index contributed by atoms with van der Waals surface area (Å²) in [6.07, 6.45) is 0.140. The second kappa shape index (κ2) is 10.0. The summed E-state index contributed by atoms with van der Waals surface area (Å²) in [5.41, 5.74) is 3.42. The Morgan fingerprint density at radius 1 is 1.13 bits per heavy atom. The van der Waals surface area contributed by atoms with Crippen molar-refractivity contribution in [3.05, 3.63) is 65.2 Å². The number of aryl methyl sites for hydroxylation is 1. The van der Waals surface area contributed by atoms with Gasteiger partial charge < -0.3 is 15.0 Å². The van der Waals surface area contributed by atoms with Gasteiger partial charge in [-0.15, -0.1) is 11.3 Å². The number of hydrogen-bond acceptors (Lipinski definition) is 5. The predicted molar refractivity (Wildman–Crippen MR) is 120 cm³/mol. The Morgan fingerprint density at radius 2 is 1.87 bits per heavy atom. The minimum Gasteiger partial charge on any atom is -0.493 e. The number of para-hydroxylation sites is 1. The Hall–Kier alpha value is -3.19. The van der Waals surface area contributed by atoms with Gasteiger partial charge in [-0.2, -0.15) is 0 Å². The molecule has 0 aliphatic rings. The first-order valence-corrected chi connectivity index (χ1v) is 10.6. The van der Waals surface area contributed by atoms with Crippen LogP contribution in [-0.4, -0.2) is 41.9 Å². The van der Waals surface area contributed by atoms with E-state index < -0.39 is 0 Å². The third-order valence-corrected chi connectivity index (χ3v) is 5.37. The molecule has 1 aromatic heterocycles. The Bertz CT molecular complexity index is 1010. The van der Waals surface area contributed by atoms with E-state index >= 15 is 0 Å². The monoisotopic (exact) mass is 423 g/mol. The van der Waals surface area contributed by atoms with Gasteiger partial charge in [0.05, 0.1) is 30.8 Å². The van der Waals surface area contributed by atoms with Crippen LogP contribution in [0.2, 0.25) is 0 Å². The van der Waals surface area contributed by atoms with Gasteiger partial charge in [-0.3, -0.25) is 9.59 Å². The zero-order valence-electron chi connectivity index (χ0n) is 17.3. The molecule has 0 saturated carbocycles. The van der Waals surface area contributed by atoms with Gasteiger partial charge in [0, 0.05) is 18.1 Å². The van der Waals surface area contributed by atoms with Crippen molar-refractivity contribution in [1.82, 2.24) is 9.88 Å². The van der Waals surface area contributed by atoms with Crippen molar-refractivity contribution in [2.45, 2.75) is 20.3 Å². The molecule has 0 aliphatic carbocycles. The van der Waals surface area contributed by atoms with E-state index in [4.69, 9.17) is 4.74 Å². The van der Waals surface area contributed by atoms with Gasteiger partial charge in [0.15, 0.2) is 0 Å². The van der Waals surface area contributed by atoms with Crippen LogP contribution in [0.4, 0.5) is 5.69 Å². The highest BCUT2D eigenvalue weighted by atomic mass is 32.1. The zero-order chi connectivity index (χ0) is 21.5. The summed E-state index contributed by atoms with van der Waals surface area (Å²) in [6.45, 7) is 4.48. The molecule has 30 heavy (non-hydrogen) atoms. The van der Waals surface area contributed by atoms with E-state index in [0.717, 1.165) is 21.9 Å². The van der Waals surface area contributed by atoms with E-state index in [-0.39, 0.29) is 24.8 Å². The molecule has 0 aliphatic heterocycles. The summed E-state index contributed by atoms with van der Waals surface area (Å²) in [5, 5.41) is 5.48. The number of aromatic nitrogens is 1. The number of rotatable bonds is 8. The topological polar surface area (TPSA) is 71.5 Å². The summed E-state index contributed by atoms with van der Waals surface area (Å²) in [5.74, 6) is 0.375. The van der Waals surface area contributed by atoms with Gasteiger partial charge in [0.25, 0.3) is 0 Å². The fourth-order valence-electron chi connectivity index (χ4n) is 2.87. The minimum absolute atomic E-state index is 0.0170. The highest BCUT2D eigenvalue weighted by Gasteiger charge is 2.17. The molecule has 0 radical (unpaired) electrons. The number of nitrogens with one attached hydrogen (secondary N) is 1. The van der Waals surface area contributed by atoms with Crippen LogP contribution in [0.1, 0.15) is 18.2 Å². The SMILES string of the molecule is CCOc1ccccc1-c1nc(CC(=O)N(C)CC(=O)Nc2ccc(C)cc2)cs1. The van der Waals surface area contributed by atoms with Crippen LogP contribution in [0, 0.1) is 6.92 Å². The number of hydrogen-bond donors (Lipinski definition) is 1. The van der Waals surface area contributed by atoms with Gasteiger partial charge in [-0.25, -0.2) is 4.98 Å². The first-order chi connectivity index (χ1) is 14.5. The third kappa shape index (κ3) is 5.67. The van der Waals surface area contributed by atoms with E-state index in [9.17, 15) is 9.59 Å². The van der Waals surface area contributed by atoms with Crippen LogP contribution >= 0.6 is 11.3 Å². The van der Waals surface area contributed by atoms with E-state index in [1.165, 1.54) is 16.2 Å². The number of amides is 2. The summed E-state index contributed by atoms with van der Waals surface area (Å²) in [7, 11) is 1.62. The predicted octanol–water partition coefficient (Wildman–Crippen LogP) is 4.16. The van der Waals surface area contributed by atoms with E-state index in [2.05, 4.69) is 10.3 Å². The van der Waals surface area contributed by atoms with Crippen LogP contribution in [0.5, 0.6) is 5.75 Å². The van der Waals surface area contributed by atoms with Crippen LogP contribution in [-0.2, 0) is 16.0 Å². The number of likely N-dealkylation sites (N-methyl/N-ethyl adjacent to an activating group) is 1. The summed E-state index contributed by atoms with van der Waals surface area (Å²) in [4.78, 5) is 30.8. The molecule has 1 heterocycles. The minimum atomic E-state index is -0.237. The molecule has 2 aromatic carbocycles. The average molecular weight is 424 g/mol. The lowest BCUT2D eigenvalue weighted by Crippen LogP contribution is -2.35. The summed E-state index contributed by atoms with van der Waals surface area (Å²) >= 11 is 1.47. The van der Waals surface area contributed by atoms with Crippen molar-refractivity contribution < 1.29 is 14.3 Å². The maximum atomic E-state index is 12.5. The van der Waals surface area contributed by atoms with E-state index in [1.807, 2.05) is 67.8 Å². The Kier molecular flexibility index (Phi) is 7.19. The van der Waals surface area contributed by atoms with Crippen molar-refractivity contribution in [1.29, 1.82) is 0 Å². The van der Waals surface area contributed by atoms with Crippen molar-refractivity contribution in [2.24, 2.45) is 0 Å². The molecular weight excluding hydrogens is 398 g/mol. The third-order valence-electron chi connectivity index (χ3n) is 4.44. The molecule has 0 fully saturated rings. The number of anilines is 1. The maximum Gasteiger partial charge on any atom is 0.243 e. The van der Waals surface area contributed by atoms with Crippen molar-refractivity contribution in [3.8, 4) is 16.3 Å². The van der Waals surface area contributed by atoms with Gasteiger partial charge in [-0.1, -0.05) is 29.8 Å². The number of nitrogens with zero attached hydrogens (tertiary/aromatic N) is 2. The molecule has 3 rings (SSSR count). The number of carbonyl (C=O) groups is 2. The van der Waals surface area contributed by atoms with Crippen LogP contribution < -0.4 is 10.1 Å². The normalized spacial score (nSPS) is 10.5.